The highest BCUT2D eigenvalue weighted by Gasteiger charge is 2.16. The predicted octanol–water partition coefficient (Wildman–Crippen LogP) is 1.04. The van der Waals surface area contributed by atoms with Crippen molar-refractivity contribution in [1.82, 2.24) is 5.32 Å². The van der Waals surface area contributed by atoms with Crippen LogP contribution >= 0.6 is 0 Å². The SMILES string of the molecule is CC(NC1CCCCC1)C(N)=NO. The van der Waals surface area contributed by atoms with Gasteiger partial charge in [0.15, 0.2) is 5.84 Å². The molecule has 0 aromatic carbocycles. The molecule has 0 bridgehead atoms. The molecule has 0 aromatic heterocycles. The van der Waals surface area contributed by atoms with Gasteiger partial charge in [-0.25, -0.2) is 0 Å². The summed E-state index contributed by atoms with van der Waals surface area (Å²) in [6, 6.07) is 0.525. The zero-order chi connectivity index (χ0) is 9.68. The average Bonchev–Trinajstić information content (AvgIpc) is 2.18. The van der Waals surface area contributed by atoms with Crippen molar-refractivity contribution in [3.8, 4) is 0 Å². The molecule has 1 fully saturated rings. The first-order chi connectivity index (χ1) is 6.24. The minimum atomic E-state index is -0.0203. The quantitative estimate of drug-likeness (QED) is 0.266. The van der Waals surface area contributed by atoms with Crippen LogP contribution in [0.4, 0.5) is 0 Å². The van der Waals surface area contributed by atoms with Crippen LogP contribution in [0.15, 0.2) is 5.16 Å². The minimum Gasteiger partial charge on any atom is -0.409 e. The highest BCUT2D eigenvalue weighted by atomic mass is 16.4. The average molecular weight is 185 g/mol. The number of nitrogens with two attached hydrogens (primary N) is 1. The summed E-state index contributed by atoms with van der Waals surface area (Å²) >= 11 is 0. The van der Waals surface area contributed by atoms with E-state index in [-0.39, 0.29) is 11.9 Å². The lowest BCUT2D eigenvalue weighted by atomic mass is 9.95. The highest BCUT2D eigenvalue weighted by molar-refractivity contribution is 5.84. The predicted molar refractivity (Wildman–Crippen MR) is 52.9 cm³/mol. The summed E-state index contributed by atoms with van der Waals surface area (Å²) in [5.74, 6) is 0.269. The van der Waals surface area contributed by atoms with Crippen molar-refractivity contribution >= 4 is 5.84 Å². The normalized spacial score (nSPS) is 23.0. The Balaban J connectivity index is 2.30. The molecule has 1 saturated carbocycles. The van der Waals surface area contributed by atoms with Gasteiger partial charge in [-0.2, -0.15) is 0 Å². The van der Waals surface area contributed by atoms with Crippen LogP contribution in [0.25, 0.3) is 0 Å². The minimum absolute atomic E-state index is 0.0203. The molecule has 0 heterocycles. The van der Waals surface area contributed by atoms with E-state index in [4.69, 9.17) is 10.9 Å². The van der Waals surface area contributed by atoms with Crippen molar-refractivity contribution in [2.24, 2.45) is 10.9 Å². The Kier molecular flexibility index (Phi) is 4.02. The number of nitrogens with one attached hydrogen (secondary N) is 1. The van der Waals surface area contributed by atoms with Gasteiger partial charge in [-0.3, -0.25) is 0 Å². The van der Waals surface area contributed by atoms with Gasteiger partial charge in [0.25, 0.3) is 0 Å². The molecular weight excluding hydrogens is 166 g/mol. The zero-order valence-electron chi connectivity index (χ0n) is 8.16. The third-order valence-electron chi connectivity index (χ3n) is 2.65. The fourth-order valence-electron chi connectivity index (χ4n) is 1.79. The monoisotopic (exact) mass is 185 g/mol. The van der Waals surface area contributed by atoms with E-state index in [2.05, 4.69) is 10.5 Å². The van der Waals surface area contributed by atoms with Gasteiger partial charge < -0.3 is 16.3 Å². The lowest BCUT2D eigenvalue weighted by molar-refractivity contribution is 0.311. The maximum atomic E-state index is 8.46. The van der Waals surface area contributed by atoms with Crippen molar-refractivity contribution in [1.29, 1.82) is 0 Å². The lowest BCUT2D eigenvalue weighted by Crippen LogP contribution is -2.45. The summed E-state index contributed by atoms with van der Waals surface area (Å²) in [7, 11) is 0. The molecule has 0 radical (unpaired) electrons. The van der Waals surface area contributed by atoms with Gasteiger partial charge in [0.05, 0.1) is 6.04 Å². The summed E-state index contributed by atoms with van der Waals surface area (Å²) in [5.41, 5.74) is 5.47. The molecule has 1 atom stereocenters. The van der Waals surface area contributed by atoms with Crippen LogP contribution in [0.3, 0.4) is 0 Å². The van der Waals surface area contributed by atoms with Gasteiger partial charge in [-0.05, 0) is 19.8 Å². The van der Waals surface area contributed by atoms with Crippen molar-refractivity contribution < 1.29 is 5.21 Å². The fraction of sp³-hybridized carbons (Fsp3) is 0.889. The van der Waals surface area contributed by atoms with E-state index in [1.54, 1.807) is 0 Å². The molecule has 0 spiro atoms. The molecule has 1 aliphatic carbocycles. The van der Waals surface area contributed by atoms with Crippen LogP contribution in [0.1, 0.15) is 39.0 Å². The van der Waals surface area contributed by atoms with E-state index in [9.17, 15) is 0 Å². The second kappa shape index (κ2) is 5.07. The van der Waals surface area contributed by atoms with E-state index >= 15 is 0 Å². The molecule has 0 amide bonds. The topological polar surface area (TPSA) is 70.6 Å². The first kappa shape index (κ1) is 10.3. The lowest BCUT2D eigenvalue weighted by Gasteiger charge is -2.25. The molecule has 1 unspecified atom stereocenters. The number of amidine groups is 1. The van der Waals surface area contributed by atoms with Gasteiger partial charge in [0.1, 0.15) is 0 Å². The zero-order valence-corrected chi connectivity index (χ0v) is 8.16. The van der Waals surface area contributed by atoms with E-state index in [1.807, 2.05) is 6.92 Å². The summed E-state index contributed by atoms with van der Waals surface area (Å²) in [6.45, 7) is 1.92. The van der Waals surface area contributed by atoms with E-state index < -0.39 is 0 Å². The van der Waals surface area contributed by atoms with Crippen molar-refractivity contribution in [2.75, 3.05) is 0 Å². The van der Waals surface area contributed by atoms with Gasteiger partial charge in [0.2, 0.25) is 0 Å². The molecule has 4 nitrogen and oxygen atoms in total. The molecule has 76 valence electrons. The standard InChI is InChI=1S/C9H19N3O/c1-7(9(10)12-13)11-8-5-3-2-4-6-8/h7-8,11,13H,2-6H2,1H3,(H2,10,12). The van der Waals surface area contributed by atoms with Crippen LogP contribution in [-0.2, 0) is 0 Å². The first-order valence-electron chi connectivity index (χ1n) is 4.97. The number of hydrogen-bond donors (Lipinski definition) is 3. The Morgan fingerprint density at radius 2 is 2.08 bits per heavy atom. The third-order valence-corrected chi connectivity index (χ3v) is 2.65. The Morgan fingerprint density at radius 3 is 2.62 bits per heavy atom. The van der Waals surface area contributed by atoms with E-state index in [0.29, 0.717) is 6.04 Å². The van der Waals surface area contributed by atoms with E-state index in [1.165, 1.54) is 32.1 Å². The van der Waals surface area contributed by atoms with Gasteiger partial charge >= 0.3 is 0 Å². The Hall–Kier alpha value is -0.770. The van der Waals surface area contributed by atoms with Crippen LogP contribution in [0.5, 0.6) is 0 Å². The van der Waals surface area contributed by atoms with E-state index in [0.717, 1.165) is 0 Å². The Bertz CT molecular complexity index is 176. The summed E-state index contributed by atoms with van der Waals surface area (Å²) in [5, 5.41) is 14.8. The van der Waals surface area contributed by atoms with Crippen LogP contribution < -0.4 is 11.1 Å². The van der Waals surface area contributed by atoms with Crippen molar-refractivity contribution in [3.05, 3.63) is 0 Å². The second-order valence-corrected chi connectivity index (χ2v) is 3.75. The molecule has 1 rings (SSSR count). The number of oxime groups is 1. The highest BCUT2D eigenvalue weighted by Crippen LogP contribution is 2.17. The molecular formula is C9H19N3O. The summed E-state index contributed by atoms with van der Waals surface area (Å²) in [6.07, 6.45) is 6.35. The first-order valence-corrected chi connectivity index (χ1v) is 4.97. The Morgan fingerprint density at radius 1 is 1.46 bits per heavy atom. The fourth-order valence-corrected chi connectivity index (χ4v) is 1.79. The second-order valence-electron chi connectivity index (χ2n) is 3.75. The van der Waals surface area contributed by atoms with Gasteiger partial charge in [-0.1, -0.05) is 24.4 Å². The third kappa shape index (κ3) is 3.22. The molecule has 4 N–H and O–H groups in total. The van der Waals surface area contributed by atoms with Crippen LogP contribution in [0.2, 0.25) is 0 Å². The summed E-state index contributed by atoms with van der Waals surface area (Å²) in [4.78, 5) is 0. The molecule has 4 heteroatoms. The Labute approximate surface area is 79.2 Å². The largest absolute Gasteiger partial charge is 0.409 e. The number of rotatable bonds is 3. The van der Waals surface area contributed by atoms with Crippen LogP contribution in [0, 0.1) is 0 Å². The molecule has 1 aliphatic rings. The van der Waals surface area contributed by atoms with Crippen LogP contribution in [-0.4, -0.2) is 23.1 Å². The number of hydrogen-bond acceptors (Lipinski definition) is 3. The summed E-state index contributed by atoms with van der Waals surface area (Å²) < 4.78 is 0. The van der Waals surface area contributed by atoms with Gasteiger partial charge in [0, 0.05) is 6.04 Å². The van der Waals surface area contributed by atoms with Crippen molar-refractivity contribution in [2.45, 2.75) is 51.1 Å². The maximum Gasteiger partial charge on any atom is 0.156 e. The smallest absolute Gasteiger partial charge is 0.156 e. The molecule has 0 aliphatic heterocycles. The number of nitrogens with zero attached hydrogens (tertiary/aromatic N) is 1. The molecule has 0 saturated heterocycles. The van der Waals surface area contributed by atoms with Crippen molar-refractivity contribution in [3.63, 3.8) is 0 Å². The maximum absolute atomic E-state index is 8.46. The van der Waals surface area contributed by atoms with Gasteiger partial charge in [-0.15, -0.1) is 0 Å². The molecule has 0 aromatic rings. The molecule has 13 heavy (non-hydrogen) atoms.